The molecule has 1 heterocycles. The zero-order valence-corrected chi connectivity index (χ0v) is 13.7. The highest BCUT2D eigenvalue weighted by Crippen LogP contribution is 2.23. The van der Waals surface area contributed by atoms with Crippen molar-refractivity contribution >= 4 is 5.97 Å². The lowest BCUT2D eigenvalue weighted by Crippen LogP contribution is -2.48. The third-order valence-electron chi connectivity index (χ3n) is 4.67. The Morgan fingerprint density at radius 3 is 2.81 bits per heavy atom. The van der Waals surface area contributed by atoms with Crippen molar-refractivity contribution < 1.29 is 9.53 Å². The molecular formula is C16H27N3O2. The number of hydrogen-bond acceptors (Lipinski definition) is 4. The molecule has 0 saturated carbocycles. The van der Waals surface area contributed by atoms with Crippen LogP contribution in [0.25, 0.3) is 0 Å². The van der Waals surface area contributed by atoms with Crippen LogP contribution in [0.15, 0.2) is 0 Å². The highest BCUT2D eigenvalue weighted by molar-refractivity contribution is 5.80. The fraction of sp³-hybridized carbons (Fsp3) is 0.750. The van der Waals surface area contributed by atoms with Crippen LogP contribution in [-0.2, 0) is 28.9 Å². The minimum absolute atomic E-state index is 0.200. The molecule has 0 bridgehead atoms. The van der Waals surface area contributed by atoms with Gasteiger partial charge in [-0.05, 0) is 59.4 Å². The Hall–Kier alpha value is -1.36. The molecule has 1 aromatic heterocycles. The maximum atomic E-state index is 11.9. The topological polar surface area (TPSA) is 56.2 Å². The summed E-state index contributed by atoms with van der Waals surface area (Å²) in [7, 11) is 3.25. The summed E-state index contributed by atoms with van der Waals surface area (Å²) < 4.78 is 7.22. The molecule has 1 aliphatic carbocycles. The quantitative estimate of drug-likeness (QED) is 0.815. The first-order chi connectivity index (χ1) is 10.0. The molecule has 0 aliphatic heterocycles. The van der Waals surface area contributed by atoms with Crippen molar-refractivity contribution in [2.45, 2.75) is 64.5 Å². The number of carbonyl (C=O) groups is 1. The van der Waals surface area contributed by atoms with E-state index in [0.29, 0.717) is 0 Å². The zero-order valence-electron chi connectivity index (χ0n) is 13.7. The number of carbonyl (C=O) groups excluding carboxylic acids is 1. The van der Waals surface area contributed by atoms with Gasteiger partial charge in [-0.1, -0.05) is 0 Å². The largest absolute Gasteiger partial charge is 0.468 e. The molecule has 0 spiro atoms. The average molecular weight is 293 g/mol. The molecule has 0 fully saturated rings. The number of esters is 1. The van der Waals surface area contributed by atoms with E-state index in [1.807, 2.05) is 6.92 Å². The van der Waals surface area contributed by atoms with Gasteiger partial charge in [0, 0.05) is 12.2 Å². The van der Waals surface area contributed by atoms with Gasteiger partial charge in [0.05, 0.1) is 12.8 Å². The lowest BCUT2D eigenvalue weighted by Gasteiger charge is -2.26. The van der Waals surface area contributed by atoms with Crippen LogP contribution in [0.5, 0.6) is 0 Å². The molecule has 5 nitrogen and oxygen atoms in total. The molecule has 1 unspecified atom stereocenters. The molecule has 118 valence electrons. The number of aryl methyl sites for hydroxylation is 2. The Bertz CT molecular complexity index is 510. The maximum Gasteiger partial charge on any atom is 0.325 e. The first-order valence-corrected chi connectivity index (χ1v) is 7.84. The van der Waals surface area contributed by atoms with E-state index in [1.165, 1.54) is 31.3 Å². The molecule has 0 amide bonds. The van der Waals surface area contributed by atoms with Crippen LogP contribution in [0.2, 0.25) is 0 Å². The molecule has 1 atom stereocenters. The number of likely N-dealkylation sites (N-methyl/N-ethyl adjacent to an activating group) is 1. The number of aromatic nitrogens is 2. The Balaban J connectivity index is 2.00. The zero-order chi connectivity index (χ0) is 15.5. The highest BCUT2D eigenvalue weighted by atomic mass is 16.5. The van der Waals surface area contributed by atoms with Gasteiger partial charge in [0.25, 0.3) is 0 Å². The second-order valence-electron chi connectivity index (χ2n) is 6.09. The molecule has 0 radical (unpaired) electrons. The summed E-state index contributed by atoms with van der Waals surface area (Å²) in [5, 5.41) is 3.09. The smallest absolute Gasteiger partial charge is 0.325 e. The van der Waals surface area contributed by atoms with E-state index >= 15 is 0 Å². The van der Waals surface area contributed by atoms with E-state index in [0.717, 1.165) is 38.1 Å². The van der Waals surface area contributed by atoms with Crippen molar-refractivity contribution in [3.63, 3.8) is 0 Å². The van der Waals surface area contributed by atoms with Gasteiger partial charge in [0.1, 0.15) is 11.4 Å². The number of nitrogens with one attached hydrogen (secondary N) is 1. The van der Waals surface area contributed by atoms with E-state index in [4.69, 9.17) is 9.72 Å². The van der Waals surface area contributed by atoms with Crippen LogP contribution < -0.4 is 5.32 Å². The minimum atomic E-state index is -0.608. The number of rotatable bonds is 6. The van der Waals surface area contributed by atoms with Gasteiger partial charge in [-0.15, -0.1) is 0 Å². The van der Waals surface area contributed by atoms with Crippen LogP contribution in [0, 0.1) is 6.92 Å². The van der Waals surface area contributed by atoms with Gasteiger partial charge in [-0.2, -0.15) is 0 Å². The number of fused-ring (bicyclic) bond motifs is 1. The van der Waals surface area contributed by atoms with Crippen LogP contribution in [0.3, 0.4) is 0 Å². The fourth-order valence-electron chi connectivity index (χ4n) is 3.18. The number of methoxy groups -OCH3 is 1. The van der Waals surface area contributed by atoms with Crippen molar-refractivity contribution in [3.8, 4) is 0 Å². The van der Waals surface area contributed by atoms with E-state index in [-0.39, 0.29) is 5.97 Å². The summed E-state index contributed by atoms with van der Waals surface area (Å²) >= 11 is 0. The maximum absolute atomic E-state index is 11.9. The molecule has 2 rings (SSSR count). The van der Waals surface area contributed by atoms with Crippen LogP contribution in [-0.4, -0.2) is 35.2 Å². The van der Waals surface area contributed by atoms with Gasteiger partial charge < -0.3 is 14.6 Å². The summed E-state index contributed by atoms with van der Waals surface area (Å²) in [6, 6.07) is 0. The fourth-order valence-corrected chi connectivity index (χ4v) is 3.18. The summed E-state index contributed by atoms with van der Waals surface area (Å²) in [5.74, 6) is 0.903. The number of imidazole rings is 1. The summed E-state index contributed by atoms with van der Waals surface area (Å²) in [5.41, 5.74) is 2.08. The standard InChI is InChI=1S/C16H27N3O2/c1-12-18-13-8-5-6-9-14(13)19(12)11-7-10-16(2,17-3)15(20)21-4/h17H,5-11H2,1-4H3. The van der Waals surface area contributed by atoms with Gasteiger partial charge in [-0.25, -0.2) is 4.98 Å². The van der Waals surface area contributed by atoms with Gasteiger partial charge in [-0.3, -0.25) is 4.79 Å². The van der Waals surface area contributed by atoms with Crippen LogP contribution in [0.4, 0.5) is 0 Å². The van der Waals surface area contributed by atoms with Gasteiger partial charge >= 0.3 is 5.97 Å². The summed E-state index contributed by atoms with van der Waals surface area (Å²) in [4.78, 5) is 16.5. The third-order valence-corrected chi connectivity index (χ3v) is 4.67. The van der Waals surface area contributed by atoms with Gasteiger partial charge in [0.2, 0.25) is 0 Å². The van der Waals surface area contributed by atoms with E-state index in [1.54, 1.807) is 7.05 Å². The number of ether oxygens (including phenoxy) is 1. The molecule has 1 N–H and O–H groups in total. The van der Waals surface area contributed by atoms with Crippen molar-refractivity contribution in [1.29, 1.82) is 0 Å². The molecule has 0 saturated heterocycles. The van der Waals surface area contributed by atoms with Crippen molar-refractivity contribution in [1.82, 2.24) is 14.9 Å². The Morgan fingerprint density at radius 2 is 2.14 bits per heavy atom. The van der Waals surface area contributed by atoms with E-state index in [2.05, 4.69) is 16.8 Å². The van der Waals surface area contributed by atoms with E-state index in [9.17, 15) is 4.79 Å². The van der Waals surface area contributed by atoms with Gasteiger partial charge in [0.15, 0.2) is 0 Å². The van der Waals surface area contributed by atoms with Crippen molar-refractivity contribution in [3.05, 3.63) is 17.2 Å². The first kappa shape index (κ1) is 16.0. The molecule has 1 aliphatic rings. The molecule has 5 heteroatoms. The second kappa shape index (κ2) is 6.60. The average Bonchev–Trinajstić information content (AvgIpc) is 2.82. The third kappa shape index (κ3) is 3.28. The predicted molar refractivity (Wildman–Crippen MR) is 82.3 cm³/mol. The van der Waals surface area contributed by atoms with Crippen LogP contribution >= 0.6 is 0 Å². The Morgan fingerprint density at radius 1 is 1.43 bits per heavy atom. The predicted octanol–water partition coefficient (Wildman–Crippen LogP) is 2.00. The molecule has 1 aromatic rings. The van der Waals surface area contributed by atoms with Crippen molar-refractivity contribution in [2.24, 2.45) is 0 Å². The Labute approximate surface area is 127 Å². The SMILES string of the molecule is CNC(C)(CCCn1c(C)nc2c1CCCC2)C(=O)OC. The van der Waals surface area contributed by atoms with E-state index < -0.39 is 5.54 Å². The van der Waals surface area contributed by atoms with Crippen molar-refractivity contribution in [2.75, 3.05) is 14.2 Å². The Kier molecular flexibility index (Phi) is 5.04. The number of nitrogens with zero attached hydrogens (tertiary/aromatic N) is 2. The first-order valence-electron chi connectivity index (χ1n) is 7.84. The lowest BCUT2D eigenvalue weighted by atomic mass is 9.96. The minimum Gasteiger partial charge on any atom is -0.468 e. The molecular weight excluding hydrogens is 266 g/mol. The normalized spacial score (nSPS) is 17.1. The number of hydrogen-bond donors (Lipinski definition) is 1. The lowest BCUT2D eigenvalue weighted by molar-refractivity contribution is -0.148. The molecule has 0 aromatic carbocycles. The summed E-state index contributed by atoms with van der Waals surface area (Å²) in [6.07, 6.45) is 6.44. The molecule has 21 heavy (non-hydrogen) atoms. The monoisotopic (exact) mass is 293 g/mol. The summed E-state index contributed by atoms with van der Waals surface area (Å²) in [6.45, 7) is 4.90. The second-order valence-corrected chi connectivity index (χ2v) is 6.09. The van der Waals surface area contributed by atoms with Crippen LogP contribution in [0.1, 0.15) is 49.8 Å². The highest BCUT2D eigenvalue weighted by Gasteiger charge is 2.32.